The van der Waals surface area contributed by atoms with E-state index in [4.69, 9.17) is 5.11 Å². The summed E-state index contributed by atoms with van der Waals surface area (Å²) in [6, 6.07) is 3.47. The Balaban J connectivity index is 2.80. The number of rotatable bonds is 2. The quantitative estimate of drug-likeness (QED) is 0.836. The molecular formula is C13H15NO3. The largest absolute Gasteiger partial charge is 0.478 e. The number of carboxylic acid groups (broad SMARTS) is 1. The summed E-state index contributed by atoms with van der Waals surface area (Å²) in [5.41, 5.74) is 2.65. The average Bonchev–Trinajstić information content (AvgIpc) is 2.54. The number of aryl methyl sites for hydroxylation is 2. The third kappa shape index (κ3) is 1.80. The topological polar surface area (TPSA) is 62.5 Å². The minimum Gasteiger partial charge on any atom is -0.478 e. The van der Waals surface area contributed by atoms with Gasteiger partial charge in [-0.1, -0.05) is 0 Å². The van der Waals surface area contributed by atoms with E-state index in [1.54, 1.807) is 19.9 Å². The molecule has 1 aromatic heterocycles. The molecule has 1 unspecified atom stereocenters. The van der Waals surface area contributed by atoms with Crippen molar-refractivity contribution in [1.82, 2.24) is 4.57 Å². The average molecular weight is 233 g/mol. The summed E-state index contributed by atoms with van der Waals surface area (Å²) in [6.07, 6.45) is 1.27. The zero-order chi connectivity index (χ0) is 12.7. The molecule has 0 aliphatic heterocycles. The number of aliphatic hydroxyl groups is 1. The fraction of sp³-hybridized carbons (Fsp3) is 0.308. The van der Waals surface area contributed by atoms with Crippen LogP contribution in [-0.4, -0.2) is 20.7 Å². The lowest BCUT2D eigenvalue weighted by atomic mass is 10.0. The number of carbonyl (C=O) groups is 1. The molecule has 2 rings (SSSR count). The van der Waals surface area contributed by atoms with Crippen LogP contribution in [-0.2, 0) is 7.05 Å². The van der Waals surface area contributed by atoms with Crippen molar-refractivity contribution in [3.8, 4) is 0 Å². The summed E-state index contributed by atoms with van der Waals surface area (Å²) in [5.74, 6) is -0.927. The van der Waals surface area contributed by atoms with Crippen molar-refractivity contribution >= 4 is 16.9 Å². The van der Waals surface area contributed by atoms with E-state index in [1.165, 1.54) is 0 Å². The van der Waals surface area contributed by atoms with Gasteiger partial charge in [-0.2, -0.15) is 0 Å². The molecule has 0 aliphatic carbocycles. The Morgan fingerprint density at radius 2 is 2.06 bits per heavy atom. The van der Waals surface area contributed by atoms with Crippen molar-refractivity contribution in [2.75, 3.05) is 0 Å². The van der Waals surface area contributed by atoms with E-state index >= 15 is 0 Å². The molecule has 0 spiro atoms. The van der Waals surface area contributed by atoms with Crippen molar-refractivity contribution in [2.24, 2.45) is 7.05 Å². The van der Waals surface area contributed by atoms with E-state index in [-0.39, 0.29) is 0 Å². The maximum Gasteiger partial charge on any atom is 0.336 e. The fourth-order valence-corrected chi connectivity index (χ4v) is 2.13. The first kappa shape index (κ1) is 11.7. The first-order valence-electron chi connectivity index (χ1n) is 5.42. The van der Waals surface area contributed by atoms with Crippen molar-refractivity contribution in [2.45, 2.75) is 20.0 Å². The third-order valence-corrected chi connectivity index (χ3v) is 3.05. The highest BCUT2D eigenvalue weighted by atomic mass is 16.4. The van der Waals surface area contributed by atoms with Gasteiger partial charge in [0.2, 0.25) is 0 Å². The number of aliphatic hydroxyl groups excluding tert-OH is 1. The molecule has 1 heterocycles. The molecule has 4 nitrogen and oxygen atoms in total. The first-order chi connectivity index (χ1) is 7.91. The van der Waals surface area contributed by atoms with Gasteiger partial charge in [0.15, 0.2) is 0 Å². The zero-order valence-corrected chi connectivity index (χ0v) is 10.1. The zero-order valence-electron chi connectivity index (χ0n) is 10.1. The van der Waals surface area contributed by atoms with E-state index < -0.39 is 12.1 Å². The predicted octanol–water partition coefficient (Wildman–Crippen LogP) is 2.24. The molecule has 0 bridgehead atoms. The van der Waals surface area contributed by atoms with Gasteiger partial charge in [-0.15, -0.1) is 0 Å². The van der Waals surface area contributed by atoms with E-state index in [1.807, 2.05) is 23.9 Å². The van der Waals surface area contributed by atoms with Gasteiger partial charge >= 0.3 is 5.97 Å². The second-order valence-electron chi connectivity index (χ2n) is 4.36. The number of hydrogen-bond donors (Lipinski definition) is 2. The van der Waals surface area contributed by atoms with E-state index in [0.29, 0.717) is 11.1 Å². The molecule has 0 saturated carbocycles. The molecule has 0 saturated heterocycles. The Hall–Kier alpha value is -1.81. The van der Waals surface area contributed by atoms with Crippen molar-refractivity contribution in [3.05, 3.63) is 35.0 Å². The highest BCUT2D eigenvalue weighted by Gasteiger charge is 2.15. The number of aromatic carboxylic acids is 1. The first-order valence-corrected chi connectivity index (χ1v) is 5.42. The maximum absolute atomic E-state index is 11.1. The number of fused-ring (bicyclic) bond motifs is 1. The Labute approximate surface area is 99.1 Å². The second-order valence-corrected chi connectivity index (χ2v) is 4.36. The Kier molecular flexibility index (Phi) is 2.67. The van der Waals surface area contributed by atoms with E-state index in [2.05, 4.69) is 0 Å². The minimum atomic E-state index is -0.927. The number of nitrogens with zero attached hydrogens (tertiary/aromatic N) is 1. The molecule has 1 aromatic carbocycles. The lowest BCUT2D eigenvalue weighted by molar-refractivity contribution is 0.0696. The molecule has 2 N–H and O–H groups in total. The van der Waals surface area contributed by atoms with Gasteiger partial charge in [0.05, 0.1) is 11.7 Å². The van der Waals surface area contributed by atoms with Gasteiger partial charge in [-0.3, -0.25) is 0 Å². The summed E-state index contributed by atoms with van der Waals surface area (Å²) in [6.45, 7) is 3.47. The van der Waals surface area contributed by atoms with Gasteiger partial charge in [0.25, 0.3) is 0 Å². The Bertz CT molecular complexity index is 596. The molecule has 90 valence electrons. The normalized spacial score (nSPS) is 12.9. The summed E-state index contributed by atoms with van der Waals surface area (Å²) >= 11 is 0. The third-order valence-electron chi connectivity index (χ3n) is 3.05. The molecule has 0 radical (unpaired) electrons. The Morgan fingerprint density at radius 3 is 2.59 bits per heavy atom. The predicted molar refractivity (Wildman–Crippen MR) is 65.2 cm³/mol. The molecule has 17 heavy (non-hydrogen) atoms. The van der Waals surface area contributed by atoms with Crippen LogP contribution >= 0.6 is 0 Å². The molecule has 4 heteroatoms. The molecular weight excluding hydrogens is 218 g/mol. The smallest absolute Gasteiger partial charge is 0.336 e. The number of benzene rings is 1. The maximum atomic E-state index is 11.1. The van der Waals surface area contributed by atoms with Crippen molar-refractivity contribution in [3.63, 3.8) is 0 Å². The van der Waals surface area contributed by atoms with Gasteiger partial charge in [0, 0.05) is 29.7 Å². The Morgan fingerprint density at radius 1 is 1.41 bits per heavy atom. The summed E-state index contributed by atoms with van der Waals surface area (Å²) in [5, 5.41) is 19.7. The van der Waals surface area contributed by atoms with Gasteiger partial charge in [-0.05, 0) is 31.5 Å². The lowest BCUT2D eigenvalue weighted by Crippen LogP contribution is -2.00. The van der Waals surface area contributed by atoms with Crippen LogP contribution in [0.1, 0.15) is 34.5 Å². The van der Waals surface area contributed by atoms with E-state index in [0.717, 1.165) is 16.5 Å². The lowest BCUT2D eigenvalue weighted by Gasteiger charge is -2.05. The minimum absolute atomic E-state index is 0.302. The standard InChI is InChI=1S/C13H15NO3/c1-7-4-10-11(8(2)15)6-14(3)12(10)5-9(7)13(16)17/h4-6,8,15H,1-3H3,(H,16,17). The monoisotopic (exact) mass is 233 g/mol. The number of carboxylic acids is 1. The van der Waals surface area contributed by atoms with Crippen molar-refractivity contribution < 1.29 is 15.0 Å². The van der Waals surface area contributed by atoms with Crippen LogP contribution in [0, 0.1) is 6.92 Å². The molecule has 1 atom stereocenters. The van der Waals surface area contributed by atoms with Crippen LogP contribution in [0.15, 0.2) is 18.3 Å². The van der Waals surface area contributed by atoms with Gasteiger partial charge in [-0.25, -0.2) is 4.79 Å². The van der Waals surface area contributed by atoms with E-state index in [9.17, 15) is 9.90 Å². The summed E-state index contributed by atoms with van der Waals surface area (Å²) < 4.78 is 1.84. The highest BCUT2D eigenvalue weighted by Crippen LogP contribution is 2.28. The molecule has 0 fully saturated rings. The van der Waals surface area contributed by atoms with Crippen LogP contribution in [0.5, 0.6) is 0 Å². The summed E-state index contributed by atoms with van der Waals surface area (Å²) in [7, 11) is 1.84. The molecule has 0 aliphatic rings. The van der Waals surface area contributed by atoms with Crippen LogP contribution in [0.4, 0.5) is 0 Å². The molecule has 2 aromatic rings. The van der Waals surface area contributed by atoms with Crippen LogP contribution in [0.25, 0.3) is 10.9 Å². The molecule has 0 amide bonds. The van der Waals surface area contributed by atoms with Crippen LogP contribution in [0.3, 0.4) is 0 Å². The van der Waals surface area contributed by atoms with Gasteiger partial charge in [0.1, 0.15) is 0 Å². The van der Waals surface area contributed by atoms with Crippen molar-refractivity contribution in [1.29, 1.82) is 0 Å². The SMILES string of the molecule is Cc1cc2c(C(C)O)cn(C)c2cc1C(=O)O. The number of aromatic nitrogens is 1. The second kappa shape index (κ2) is 3.89. The van der Waals surface area contributed by atoms with Crippen LogP contribution < -0.4 is 0 Å². The van der Waals surface area contributed by atoms with Crippen LogP contribution in [0.2, 0.25) is 0 Å². The van der Waals surface area contributed by atoms with Gasteiger partial charge < -0.3 is 14.8 Å². The number of hydrogen-bond acceptors (Lipinski definition) is 2. The fourth-order valence-electron chi connectivity index (χ4n) is 2.13. The summed E-state index contributed by atoms with van der Waals surface area (Å²) in [4.78, 5) is 11.1. The highest BCUT2D eigenvalue weighted by molar-refractivity contribution is 5.96.